The van der Waals surface area contributed by atoms with Gasteiger partial charge in [0.05, 0.1) is 15.7 Å². The van der Waals surface area contributed by atoms with Gasteiger partial charge in [-0.3, -0.25) is 4.79 Å². The van der Waals surface area contributed by atoms with Gasteiger partial charge in [0.25, 0.3) is 0 Å². The molecular formula is C18H11Cl2N3OS. The minimum atomic E-state index is -0.307. The number of hydrogen-bond acceptors (Lipinski definition) is 5. The van der Waals surface area contributed by atoms with Gasteiger partial charge in [-0.15, -0.1) is 11.3 Å². The molecule has 0 amide bonds. The standard InChI is InChI=1S/C18H11Cl2N3OS/c19-13-7-6-10(8-14(13)20)16(24)17-15(22)12(9-21)18(25-17)23-11-4-2-1-3-5-11/h1-8,23H,22H2. The Labute approximate surface area is 158 Å². The van der Waals surface area contributed by atoms with Gasteiger partial charge in [-0.25, -0.2) is 0 Å². The van der Waals surface area contributed by atoms with E-state index >= 15 is 0 Å². The molecule has 0 atom stereocenters. The van der Waals surface area contributed by atoms with Crippen molar-refractivity contribution in [3.8, 4) is 6.07 Å². The highest BCUT2D eigenvalue weighted by atomic mass is 35.5. The first-order chi connectivity index (χ1) is 12.0. The molecule has 0 saturated carbocycles. The summed E-state index contributed by atoms with van der Waals surface area (Å²) >= 11 is 13.0. The highest BCUT2D eigenvalue weighted by molar-refractivity contribution is 7.19. The molecule has 124 valence electrons. The van der Waals surface area contributed by atoms with Gasteiger partial charge >= 0.3 is 0 Å². The molecule has 0 spiro atoms. The van der Waals surface area contributed by atoms with Gasteiger partial charge in [-0.05, 0) is 30.3 Å². The van der Waals surface area contributed by atoms with Gasteiger partial charge in [0.1, 0.15) is 21.5 Å². The molecule has 0 aliphatic rings. The third kappa shape index (κ3) is 3.47. The number of halogens is 2. The Morgan fingerprint density at radius 2 is 1.84 bits per heavy atom. The van der Waals surface area contributed by atoms with E-state index in [1.165, 1.54) is 6.07 Å². The normalized spacial score (nSPS) is 10.3. The van der Waals surface area contributed by atoms with E-state index in [0.29, 0.717) is 15.6 Å². The first-order valence-corrected chi connectivity index (χ1v) is 8.72. The molecule has 1 heterocycles. The average Bonchev–Trinajstić information content (AvgIpc) is 2.93. The van der Waals surface area contributed by atoms with Gasteiger partial charge in [-0.2, -0.15) is 5.26 Å². The van der Waals surface area contributed by atoms with E-state index in [4.69, 9.17) is 28.9 Å². The topological polar surface area (TPSA) is 78.9 Å². The Kier molecular flexibility index (Phi) is 4.95. The number of nitriles is 1. The second-order valence-corrected chi connectivity index (χ2v) is 6.94. The minimum absolute atomic E-state index is 0.155. The molecule has 1 aromatic heterocycles. The molecule has 4 nitrogen and oxygen atoms in total. The van der Waals surface area contributed by atoms with Gasteiger partial charge < -0.3 is 11.1 Å². The number of carbonyl (C=O) groups excluding carboxylic acids is 1. The number of hydrogen-bond donors (Lipinski definition) is 2. The van der Waals surface area contributed by atoms with Gasteiger partial charge in [0.15, 0.2) is 0 Å². The van der Waals surface area contributed by atoms with Crippen molar-refractivity contribution in [2.75, 3.05) is 11.1 Å². The molecule has 0 fully saturated rings. The summed E-state index contributed by atoms with van der Waals surface area (Å²) in [4.78, 5) is 13.0. The van der Waals surface area contributed by atoms with Gasteiger partial charge in [-0.1, -0.05) is 41.4 Å². The maximum atomic E-state index is 12.8. The fraction of sp³-hybridized carbons (Fsp3) is 0. The van der Waals surface area contributed by atoms with Crippen molar-refractivity contribution >= 4 is 56.7 Å². The largest absolute Gasteiger partial charge is 0.396 e. The van der Waals surface area contributed by atoms with E-state index in [0.717, 1.165) is 17.0 Å². The number of nitrogens with two attached hydrogens (primary N) is 1. The Balaban J connectivity index is 2.01. The highest BCUT2D eigenvalue weighted by Gasteiger charge is 2.22. The molecule has 0 unspecified atom stereocenters. The highest BCUT2D eigenvalue weighted by Crippen LogP contribution is 2.38. The third-order valence-corrected chi connectivity index (χ3v) is 5.34. The van der Waals surface area contributed by atoms with Crippen LogP contribution >= 0.6 is 34.5 Å². The zero-order valence-electron chi connectivity index (χ0n) is 12.7. The van der Waals surface area contributed by atoms with E-state index in [2.05, 4.69) is 11.4 Å². The fourth-order valence-corrected chi connectivity index (χ4v) is 3.58. The molecule has 2 aromatic carbocycles. The third-order valence-electron chi connectivity index (χ3n) is 3.48. The number of anilines is 3. The zero-order chi connectivity index (χ0) is 18.0. The number of ketones is 1. The summed E-state index contributed by atoms with van der Waals surface area (Å²) in [6.45, 7) is 0. The van der Waals surface area contributed by atoms with Crippen LogP contribution in [0.4, 0.5) is 16.4 Å². The van der Waals surface area contributed by atoms with Gasteiger partial charge in [0.2, 0.25) is 5.78 Å². The lowest BCUT2D eigenvalue weighted by molar-refractivity contribution is 0.104. The summed E-state index contributed by atoms with van der Waals surface area (Å²) < 4.78 is 0. The molecular weight excluding hydrogens is 377 g/mol. The molecule has 0 radical (unpaired) electrons. The number of benzene rings is 2. The van der Waals surface area contributed by atoms with Crippen molar-refractivity contribution in [1.29, 1.82) is 5.26 Å². The summed E-state index contributed by atoms with van der Waals surface area (Å²) in [5.41, 5.74) is 7.60. The predicted molar refractivity (Wildman–Crippen MR) is 103 cm³/mol. The van der Waals surface area contributed by atoms with Crippen molar-refractivity contribution in [3.05, 3.63) is 74.6 Å². The van der Waals surface area contributed by atoms with Crippen molar-refractivity contribution in [3.63, 3.8) is 0 Å². The second kappa shape index (κ2) is 7.16. The van der Waals surface area contributed by atoms with Crippen LogP contribution in [-0.4, -0.2) is 5.78 Å². The molecule has 25 heavy (non-hydrogen) atoms. The van der Waals surface area contributed by atoms with Crippen LogP contribution in [0.25, 0.3) is 0 Å². The van der Waals surface area contributed by atoms with Crippen LogP contribution in [-0.2, 0) is 0 Å². The minimum Gasteiger partial charge on any atom is -0.396 e. The number of rotatable bonds is 4. The monoisotopic (exact) mass is 387 g/mol. The molecule has 3 aromatic rings. The number of carbonyl (C=O) groups is 1. The molecule has 3 rings (SSSR count). The summed E-state index contributed by atoms with van der Waals surface area (Å²) in [7, 11) is 0. The predicted octanol–water partition coefficient (Wildman–Crippen LogP) is 5.48. The summed E-state index contributed by atoms with van der Waals surface area (Å²) in [6, 6.07) is 16.0. The number of nitrogen functional groups attached to an aromatic ring is 1. The lowest BCUT2D eigenvalue weighted by Gasteiger charge is -2.03. The van der Waals surface area contributed by atoms with E-state index in [1.54, 1.807) is 12.1 Å². The first-order valence-electron chi connectivity index (χ1n) is 7.15. The smallest absolute Gasteiger partial charge is 0.205 e. The van der Waals surface area contributed by atoms with Crippen LogP contribution in [0.1, 0.15) is 20.8 Å². The van der Waals surface area contributed by atoms with Gasteiger partial charge in [0, 0.05) is 11.3 Å². The fourth-order valence-electron chi connectivity index (χ4n) is 2.23. The van der Waals surface area contributed by atoms with Crippen molar-refractivity contribution in [2.24, 2.45) is 0 Å². The van der Waals surface area contributed by atoms with E-state index < -0.39 is 0 Å². The van der Waals surface area contributed by atoms with Crippen molar-refractivity contribution in [1.82, 2.24) is 0 Å². The van der Waals surface area contributed by atoms with Crippen LogP contribution in [0, 0.1) is 11.3 Å². The van der Waals surface area contributed by atoms with Crippen LogP contribution < -0.4 is 11.1 Å². The summed E-state index contributed by atoms with van der Waals surface area (Å²) in [5.74, 6) is -0.307. The SMILES string of the molecule is N#Cc1c(Nc2ccccc2)sc(C(=O)c2ccc(Cl)c(Cl)c2)c1N. The molecule has 3 N–H and O–H groups in total. The first kappa shape index (κ1) is 17.3. The summed E-state index contributed by atoms with van der Waals surface area (Å²) in [6.07, 6.45) is 0. The zero-order valence-corrected chi connectivity index (χ0v) is 15.0. The molecule has 0 saturated heterocycles. The second-order valence-electron chi connectivity index (χ2n) is 5.11. The number of thiophene rings is 1. The molecule has 0 aliphatic heterocycles. The van der Waals surface area contributed by atoms with Crippen LogP contribution in [0.3, 0.4) is 0 Å². The quantitative estimate of drug-likeness (QED) is 0.580. The molecule has 7 heteroatoms. The number of nitrogens with zero attached hydrogens (tertiary/aromatic N) is 1. The Bertz CT molecular complexity index is 994. The Morgan fingerprint density at radius 1 is 1.12 bits per heavy atom. The maximum Gasteiger partial charge on any atom is 0.205 e. The van der Waals surface area contributed by atoms with Crippen LogP contribution in [0.2, 0.25) is 10.0 Å². The molecule has 0 aliphatic carbocycles. The summed E-state index contributed by atoms with van der Waals surface area (Å²) in [5, 5.41) is 13.7. The lowest BCUT2D eigenvalue weighted by Crippen LogP contribution is -2.02. The van der Waals surface area contributed by atoms with E-state index in [9.17, 15) is 10.1 Å². The van der Waals surface area contributed by atoms with E-state index in [1.807, 2.05) is 30.3 Å². The van der Waals surface area contributed by atoms with Crippen molar-refractivity contribution in [2.45, 2.75) is 0 Å². The number of para-hydroxylation sites is 1. The average molecular weight is 388 g/mol. The lowest BCUT2D eigenvalue weighted by atomic mass is 10.1. The number of nitrogens with one attached hydrogen (secondary N) is 1. The maximum absolute atomic E-state index is 12.8. The van der Waals surface area contributed by atoms with E-state index in [-0.39, 0.29) is 26.9 Å². The Hall–Kier alpha value is -2.52. The Morgan fingerprint density at radius 3 is 2.48 bits per heavy atom. The van der Waals surface area contributed by atoms with Crippen molar-refractivity contribution < 1.29 is 4.79 Å². The van der Waals surface area contributed by atoms with Crippen LogP contribution in [0.15, 0.2) is 48.5 Å². The molecule has 0 bridgehead atoms. The van der Waals surface area contributed by atoms with Crippen LogP contribution in [0.5, 0.6) is 0 Å².